The van der Waals surface area contributed by atoms with Crippen molar-refractivity contribution in [1.29, 1.82) is 0 Å². The van der Waals surface area contributed by atoms with Gasteiger partial charge in [-0.3, -0.25) is 0 Å². The molecule has 7 rings (SSSR count). The van der Waals surface area contributed by atoms with Gasteiger partial charge in [-0.15, -0.1) is 0 Å². The van der Waals surface area contributed by atoms with E-state index < -0.39 is 13.7 Å². The minimum atomic E-state index is -0.922. The average Bonchev–Trinajstić information content (AvgIpc) is 3.06. The number of aromatic hydroxyl groups is 1. The third kappa shape index (κ3) is 5.36. The molecule has 0 atom stereocenters. The molecule has 7 aromatic rings. The van der Waals surface area contributed by atoms with Gasteiger partial charge in [-0.05, 0) is 63.6 Å². The Morgan fingerprint density at radius 3 is 1.80 bits per heavy atom. The highest BCUT2D eigenvalue weighted by atomic mass is 79.9. The molecule has 0 unspecified atom stereocenters. The lowest BCUT2D eigenvalue weighted by Gasteiger charge is -2.26. The fraction of sp³-hybridized carbons (Fsp3) is 0.0256. The van der Waals surface area contributed by atoms with E-state index >= 15 is 0 Å². The number of hydrogen-bond donors (Lipinski definition) is 2. The van der Waals surface area contributed by atoms with Crippen LogP contribution < -0.4 is 21.2 Å². The van der Waals surface area contributed by atoms with E-state index in [2.05, 4.69) is 155 Å². The molecular formula is C39H28BrFNOP. The van der Waals surface area contributed by atoms with Gasteiger partial charge in [0.15, 0.2) is 11.6 Å². The van der Waals surface area contributed by atoms with Crippen LogP contribution in [0.25, 0.3) is 32.7 Å². The van der Waals surface area contributed by atoms with E-state index in [4.69, 9.17) is 0 Å². The van der Waals surface area contributed by atoms with Crippen LogP contribution in [0, 0.1) is 5.82 Å². The molecule has 0 heterocycles. The molecule has 0 aliphatic heterocycles. The van der Waals surface area contributed by atoms with Gasteiger partial charge in [-0.2, -0.15) is 0 Å². The molecule has 2 nitrogen and oxygen atoms in total. The second-order valence-electron chi connectivity index (χ2n) is 10.6. The summed E-state index contributed by atoms with van der Waals surface area (Å²) < 4.78 is 15.0. The van der Waals surface area contributed by atoms with Gasteiger partial charge in [0, 0.05) is 33.4 Å². The van der Waals surface area contributed by atoms with E-state index in [1.165, 1.54) is 32.9 Å². The number of hydrogen-bond acceptors (Lipinski definition) is 2. The van der Waals surface area contributed by atoms with Crippen LogP contribution in [0.15, 0.2) is 150 Å². The monoisotopic (exact) mass is 655 g/mol. The quantitative estimate of drug-likeness (QED) is 0.168. The fourth-order valence-corrected chi connectivity index (χ4v) is 8.87. The van der Waals surface area contributed by atoms with Crippen LogP contribution in [0.1, 0.15) is 5.56 Å². The maximum absolute atomic E-state index is 14.5. The number of anilines is 1. The molecule has 0 saturated heterocycles. The second kappa shape index (κ2) is 12.2. The zero-order valence-corrected chi connectivity index (χ0v) is 26.2. The molecule has 0 aliphatic carbocycles. The molecule has 0 aromatic heterocycles. The van der Waals surface area contributed by atoms with Gasteiger partial charge in [-0.1, -0.05) is 143 Å². The summed E-state index contributed by atoms with van der Waals surface area (Å²) in [5.41, 5.74) is 3.65. The topological polar surface area (TPSA) is 32.3 Å². The Bertz CT molecular complexity index is 2080. The predicted molar refractivity (Wildman–Crippen MR) is 189 cm³/mol. The number of rotatable bonds is 7. The van der Waals surface area contributed by atoms with E-state index in [1.807, 2.05) is 0 Å². The fourth-order valence-electron chi connectivity index (χ4n) is 5.92. The smallest absolute Gasteiger partial charge is 0.166 e. The standard InChI is InChI=1S/C39H28BrFNOP/c40-29-23-28(39(43)34(41)24-29)25-42-35-21-19-26-11-7-9-17-32(26)37(35)38-33-18-10-8-12-27(33)20-22-36(38)44(30-13-3-1-4-14-30)31-15-5-2-6-16-31/h1-24,42-43H,25H2. The Kier molecular flexibility index (Phi) is 7.87. The van der Waals surface area contributed by atoms with Crippen molar-refractivity contribution in [3.8, 4) is 16.9 Å². The van der Waals surface area contributed by atoms with E-state index in [9.17, 15) is 9.50 Å². The molecule has 0 aliphatic rings. The Labute approximate surface area is 265 Å². The van der Waals surface area contributed by atoms with E-state index in [0.29, 0.717) is 10.0 Å². The van der Waals surface area contributed by atoms with Crippen molar-refractivity contribution in [3.05, 3.63) is 161 Å². The van der Waals surface area contributed by atoms with Crippen LogP contribution in [0.5, 0.6) is 5.75 Å². The van der Waals surface area contributed by atoms with Crippen molar-refractivity contribution in [2.75, 3.05) is 5.32 Å². The number of nitrogens with one attached hydrogen (secondary N) is 1. The highest BCUT2D eigenvalue weighted by Crippen LogP contribution is 2.45. The zero-order valence-electron chi connectivity index (χ0n) is 23.7. The van der Waals surface area contributed by atoms with Gasteiger partial charge in [0.25, 0.3) is 0 Å². The summed E-state index contributed by atoms with van der Waals surface area (Å²) in [4.78, 5) is 0. The minimum absolute atomic E-state index is 0.250. The van der Waals surface area contributed by atoms with Crippen molar-refractivity contribution in [1.82, 2.24) is 0 Å². The first-order chi connectivity index (χ1) is 21.6. The summed E-state index contributed by atoms with van der Waals surface area (Å²) in [6.45, 7) is 0.250. The van der Waals surface area contributed by atoms with E-state index in [1.54, 1.807) is 6.07 Å². The highest BCUT2D eigenvalue weighted by molar-refractivity contribution is 9.10. The lowest BCUT2D eigenvalue weighted by atomic mass is 9.92. The molecule has 0 spiro atoms. The number of phenols is 1. The zero-order chi connectivity index (χ0) is 30.0. The molecule has 0 bridgehead atoms. The van der Waals surface area contributed by atoms with E-state index in [-0.39, 0.29) is 12.3 Å². The normalized spacial score (nSPS) is 11.3. The Morgan fingerprint density at radius 2 is 1.16 bits per heavy atom. The SMILES string of the molecule is Oc1c(F)cc(Br)cc1CNc1ccc2ccccc2c1-c1c(P(c2ccccc2)c2ccccc2)ccc2ccccc12. The molecule has 5 heteroatoms. The molecule has 0 amide bonds. The Morgan fingerprint density at radius 1 is 0.614 bits per heavy atom. The lowest BCUT2D eigenvalue weighted by molar-refractivity contribution is 0.426. The van der Waals surface area contributed by atoms with Crippen molar-refractivity contribution < 1.29 is 9.50 Å². The molecule has 44 heavy (non-hydrogen) atoms. The first-order valence-corrected chi connectivity index (χ1v) is 16.6. The highest BCUT2D eigenvalue weighted by Gasteiger charge is 2.24. The molecule has 0 fully saturated rings. The van der Waals surface area contributed by atoms with Gasteiger partial charge in [0.2, 0.25) is 0 Å². The summed E-state index contributed by atoms with van der Waals surface area (Å²) in [5.74, 6) is -0.992. The molecule has 0 radical (unpaired) electrons. The minimum Gasteiger partial charge on any atom is -0.505 e. The summed E-state index contributed by atoms with van der Waals surface area (Å²) in [6, 6.07) is 50.3. The molecule has 0 saturated carbocycles. The third-order valence-electron chi connectivity index (χ3n) is 7.93. The number of benzene rings is 7. The van der Waals surface area contributed by atoms with Crippen molar-refractivity contribution in [2.45, 2.75) is 6.54 Å². The summed E-state index contributed by atoms with van der Waals surface area (Å²) in [6.07, 6.45) is 0. The summed E-state index contributed by atoms with van der Waals surface area (Å²) in [7, 11) is -0.922. The third-order valence-corrected chi connectivity index (χ3v) is 10.9. The first kappa shape index (κ1) is 28.3. The van der Waals surface area contributed by atoms with Crippen molar-refractivity contribution in [2.24, 2.45) is 0 Å². The number of fused-ring (bicyclic) bond motifs is 2. The summed E-state index contributed by atoms with van der Waals surface area (Å²) >= 11 is 3.38. The second-order valence-corrected chi connectivity index (χ2v) is 13.7. The van der Waals surface area contributed by atoms with E-state index in [0.717, 1.165) is 27.4 Å². The van der Waals surface area contributed by atoms with Gasteiger partial charge in [0.1, 0.15) is 0 Å². The Hall–Kier alpha value is -4.50. The van der Waals surface area contributed by atoms with Crippen LogP contribution in [0.2, 0.25) is 0 Å². The number of phenolic OH excluding ortho intramolecular Hbond substituents is 1. The van der Waals surface area contributed by atoms with Crippen molar-refractivity contribution >= 4 is 67.0 Å². The largest absolute Gasteiger partial charge is 0.505 e. The van der Waals surface area contributed by atoms with Gasteiger partial charge in [0.05, 0.1) is 0 Å². The lowest BCUT2D eigenvalue weighted by Crippen LogP contribution is -2.22. The van der Waals surface area contributed by atoms with Crippen LogP contribution in [0.3, 0.4) is 0 Å². The predicted octanol–water partition coefficient (Wildman–Crippen LogP) is 9.64. The van der Waals surface area contributed by atoms with Crippen LogP contribution in [-0.4, -0.2) is 5.11 Å². The maximum Gasteiger partial charge on any atom is 0.166 e. The van der Waals surface area contributed by atoms with Crippen LogP contribution in [-0.2, 0) is 6.54 Å². The number of halogens is 2. The molecule has 2 N–H and O–H groups in total. The maximum atomic E-state index is 14.5. The summed E-state index contributed by atoms with van der Waals surface area (Å²) in [5, 5.41) is 22.5. The average molecular weight is 657 g/mol. The molecule has 7 aromatic carbocycles. The Balaban J connectivity index is 1.52. The van der Waals surface area contributed by atoms with Crippen LogP contribution in [0.4, 0.5) is 10.1 Å². The van der Waals surface area contributed by atoms with Crippen molar-refractivity contribution in [3.63, 3.8) is 0 Å². The molecular weight excluding hydrogens is 628 g/mol. The molecule has 214 valence electrons. The van der Waals surface area contributed by atoms with Gasteiger partial charge in [-0.25, -0.2) is 4.39 Å². The van der Waals surface area contributed by atoms with Gasteiger partial charge >= 0.3 is 0 Å². The van der Waals surface area contributed by atoms with Gasteiger partial charge < -0.3 is 10.4 Å². The van der Waals surface area contributed by atoms with Crippen LogP contribution >= 0.6 is 23.9 Å². The first-order valence-electron chi connectivity index (χ1n) is 14.4.